The molecule has 0 amide bonds. The molecule has 7 heteroatoms. The van der Waals surface area contributed by atoms with Crippen LogP contribution in [0.15, 0.2) is 0 Å². The van der Waals surface area contributed by atoms with Crippen LogP contribution in [-0.4, -0.2) is 0 Å². The number of rotatable bonds is 0. The van der Waals surface area contributed by atoms with Crippen LogP contribution >= 0.6 is 0 Å². The third kappa shape index (κ3) is 141. The molecule has 0 aliphatic rings. The van der Waals surface area contributed by atoms with Crippen molar-refractivity contribution in [2.24, 2.45) is 0 Å². The van der Waals surface area contributed by atoms with Crippen molar-refractivity contribution in [3.63, 3.8) is 0 Å². The Kier molecular flexibility index (Phi) is 35.2. The molecule has 4 nitrogen and oxygen atoms in total. The fourth-order valence-electron chi connectivity index (χ4n) is 0. The van der Waals surface area contributed by atoms with Crippen LogP contribution in [0.3, 0.4) is 0 Å². The van der Waals surface area contributed by atoms with Crippen LogP contribution in [0.4, 0.5) is 0 Å². The molecule has 0 radical (unpaired) electrons. The zero-order valence-electron chi connectivity index (χ0n) is 3.79. The molecule has 0 atom stereocenters. The van der Waals surface area contributed by atoms with E-state index >= 15 is 0 Å². The molecule has 0 aromatic heterocycles. The SMILES string of the molecule is [Li+].[O]=[V](=[O])[O-].[O]=[Zn]. The molecule has 0 bridgehead atoms. The summed E-state index contributed by atoms with van der Waals surface area (Å²) >= 11 is -3.81. The molecule has 0 saturated heterocycles. The summed E-state index contributed by atoms with van der Waals surface area (Å²) in [6, 6.07) is 0. The van der Waals surface area contributed by atoms with Crippen LogP contribution in [0.25, 0.3) is 0 Å². The number of hydrogen-bond donors (Lipinski definition) is 0. The average molecular weight is 187 g/mol. The molecular weight excluding hydrogens is 187 g/mol. The molecule has 0 rings (SSSR count). The van der Waals surface area contributed by atoms with Crippen LogP contribution in [0, 0.1) is 0 Å². The molecular formula is LiO4VZn. The quantitative estimate of drug-likeness (QED) is 0.358. The average Bonchev–Trinajstić information content (AvgIpc) is 1.41. The molecule has 0 aromatic rings. The van der Waals surface area contributed by atoms with Crippen molar-refractivity contribution in [2.75, 3.05) is 0 Å². The van der Waals surface area contributed by atoms with Crippen molar-refractivity contribution in [3.05, 3.63) is 0 Å². The Bertz CT molecular complexity index is 69.8. The van der Waals surface area contributed by atoms with Gasteiger partial charge in [0.25, 0.3) is 0 Å². The van der Waals surface area contributed by atoms with Gasteiger partial charge in [-0.25, -0.2) is 0 Å². The van der Waals surface area contributed by atoms with E-state index in [1.54, 1.807) is 0 Å². The summed E-state index contributed by atoms with van der Waals surface area (Å²) in [5.41, 5.74) is 0. The van der Waals surface area contributed by atoms with Gasteiger partial charge in [-0.2, -0.15) is 0 Å². The summed E-state index contributed by atoms with van der Waals surface area (Å²) in [6.07, 6.45) is 0. The van der Waals surface area contributed by atoms with E-state index in [1.165, 1.54) is 0 Å². The summed E-state index contributed by atoms with van der Waals surface area (Å²) in [4.78, 5) is 0. The van der Waals surface area contributed by atoms with E-state index < -0.39 is 15.4 Å². The maximum atomic E-state index is 8.56. The van der Waals surface area contributed by atoms with Gasteiger partial charge < -0.3 is 0 Å². The zero-order chi connectivity index (χ0) is 5.58. The van der Waals surface area contributed by atoms with Gasteiger partial charge in [0.05, 0.1) is 0 Å². The fraction of sp³-hybridized carbons (Fsp3) is 0. The van der Waals surface area contributed by atoms with Gasteiger partial charge in [-0.15, -0.1) is 0 Å². The molecule has 0 spiro atoms. The van der Waals surface area contributed by atoms with E-state index in [-0.39, 0.29) is 37.1 Å². The predicted molar refractivity (Wildman–Crippen MR) is 2.06 cm³/mol. The Labute approximate surface area is 67.1 Å². The van der Waals surface area contributed by atoms with Crippen molar-refractivity contribution in [3.8, 4) is 0 Å². The van der Waals surface area contributed by atoms with Crippen molar-refractivity contribution < 1.29 is 67.5 Å². The molecule has 0 aliphatic carbocycles. The van der Waals surface area contributed by atoms with Gasteiger partial charge in [-0.1, -0.05) is 0 Å². The van der Waals surface area contributed by atoms with Crippen LogP contribution < -0.4 is 22.9 Å². The van der Waals surface area contributed by atoms with E-state index in [4.69, 9.17) is 15.0 Å². The molecule has 0 N–H and O–H groups in total. The first kappa shape index (κ1) is 15.7. The minimum atomic E-state index is -3.94. The molecule has 0 saturated carbocycles. The van der Waals surface area contributed by atoms with Gasteiger partial charge in [0.1, 0.15) is 0 Å². The molecule has 0 fully saturated rings. The minimum absolute atomic E-state index is 0. The predicted octanol–water partition coefficient (Wildman–Crippen LogP) is -4.55. The Morgan fingerprint density at radius 1 is 1.29 bits per heavy atom. The summed E-state index contributed by atoms with van der Waals surface area (Å²) in [5.74, 6) is 0. The second-order valence-corrected chi connectivity index (χ2v) is 0.922. The first-order valence-corrected chi connectivity index (χ1v) is 3.76. The Hall–Kier alpha value is 1.17. The van der Waals surface area contributed by atoms with E-state index in [1.807, 2.05) is 0 Å². The van der Waals surface area contributed by atoms with E-state index in [2.05, 4.69) is 0 Å². The summed E-state index contributed by atoms with van der Waals surface area (Å²) < 4.78 is 34.1. The third-order valence-corrected chi connectivity index (χ3v) is 0. The summed E-state index contributed by atoms with van der Waals surface area (Å²) in [7, 11) is 0. The first-order valence-electron chi connectivity index (χ1n) is 0.836. The molecule has 32 valence electrons. The topological polar surface area (TPSA) is 74.3 Å². The fourth-order valence-corrected chi connectivity index (χ4v) is 0. The Morgan fingerprint density at radius 2 is 1.29 bits per heavy atom. The zero-order valence-corrected chi connectivity index (χ0v) is 8.15. The van der Waals surface area contributed by atoms with E-state index in [0.29, 0.717) is 0 Å². The maximum absolute atomic E-state index is 8.56. The standard InChI is InChI=1S/Li.4O.V.Zn/q+1;;;;-1;;. The van der Waals surface area contributed by atoms with Crippen molar-refractivity contribution in [2.45, 2.75) is 0 Å². The molecule has 0 unspecified atom stereocenters. The summed E-state index contributed by atoms with van der Waals surface area (Å²) in [5, 5.41) is 0. The van der Waals surface area contributed by atoms with Crippen molar-refractivity contribution in [1.82, 2.24) is 0 Å². The van der Waals surface area contributed by atoms with Crippen LogP contribution in [0.2, 0.25) is 0 Å². The van der Waals surface area contributed by atoms with Gasteiger partial charge in [0.2, 0.25) is 0 Å². The Morgan fingerprint density at radius 3 is 1.29 bits per heavy atom. The molecule has 0 aliphatic heterocycles. The third-order valence-electron chi connectivity index (χ3n) is 0. The van der Waals surface area contributed by atoms with E-state index in [0.717, 1.165) is 0 Å². The van der Waals surface area contributed by atoms with Crippen molar-refractivity contribution in [1.29, 1.82) is 0 Å². The monoisotopic (exact) mass is 186 g/mol. The van der Waals surface area contributed by atoms with Gasteiger partial charge in [-0.3, -0.25) is 0 Å². The van der Waals surface area contributed by atoms with Crippen molar-refractivity contribution >= 4 is 0 Å². The van der Waals surface area contributed by atoms with Gasteiger partial charge in [-0.05, 0) is 0 Å². The second kappa shape index (κ2) is 15.7. The van der Waals surface area contributed by atoms with Crippen LogP contribution in [0.5, 0.6) is 0 Å². The van der Waals surface area contributed by atoms with Gasteiger partial charge in [0, 0.05) is 0 Å². The molecule has 0 heterocycles. The number of hydrogen-bond acceptors (Lipinski definition) is 4. The normalized spacial score (nSPS) is 4.43. The van der Waals surface area contributed by atoms with Crippen LogP contribution in [0.1, 0.15) is 0 Å². The van der Waals surface area contributed by atoms with Crippen LogP contribution in [-0.2, 0) is 44.6 Å². The summed E-state index contributed by atoms with van der Waals surface area (Å²) in [6.45, 7) is 0. The molecule has 0 aromatic carbocycles. The van der Waals surface area contributed by atoms with Gasteiger partial charge >= 0.3 is 67.5 Å². The van der Waals surface area contributed by atoms with Gasteiger partial charge in [0.15, 0.2) is 0 Å². The molecule has 7 heavy (non-hydrogen) atoms. The van der Waals surface area contributed by atoms with E-state index in [9.17, 15) is 0 Å². The second-order valence-electron chi connectivity index (χ2n) is 0.224. The first-order chi connectivity index (χ1) is 2.73. The Balaban J connectivity index is -0.0000000480.